The van der Waals surface area contributed by atoms with Gasteiger partial charge in [-0.15, -0.1) is 0 Å². The summed E-state index contributed by atoms with van der Waals surface area (Å²) in [6.07, 6.45) is 4.35. The Morgan fingerprint density at radius 3 is 2.30 bits per heavy atom. The van der Waals surface area contributed by atoms with Crippen LogP contribution in [0.1, 0.15) is 46.5 Å². The van der Waals surface area contributed by atoms with Crippen LogP contribution in [0.4, 0.5) is 0 Å². The molecule has 0 radical (unpaired) electrons. The molecular weight excluding hydrogens is 124 g/mol. The highest BCUT2D eigenvalue weighted by Crippen LogP contribution is 2.12. The van der Waals surface area contributed by atoms with Crippen LogP contribution in [0.2, 0.25) is 0 Å². The Balaban J connectivity index is 3.31. The number of unbranched alkanes of at least 4 members (excludes halogenated alkanes) is 1. The van der Waals surface area contributed by atoms with Crippen molar-refractivity contribution in [3.05, 3.63) is 0 Å². The van der Waals surface area contributed by atoms with Gasteiger partial charge in [-0.25, -0.2) is 0 Å². The second-order valence-corrected chi connectivity index (χ2v) is 3.10. The van der Waals surface area contributed by atoms with Crippen LogP contribution in [0.25, 0.3) is 0 Å². The second-order valence-electron chi connectivity index (χ2n) is 3.10. The van der Waals surface area contributed by atoms with Gasteiger partial charge in [-0.2, -0.15) is 0 Å². The molecule has 0 amide bonds. The Kier molecular flexibility index (Phi) is 5.70. The minimum absolute atomic E-state index is 0.0649. The monoisotopic (exact) mass is 144 g/mol. The largest absolute Gasteiger partial charge is 0.393 e. The van der Waals surface area contributed by atoms with Gasteiger partial charge in [0.25, 0.3) is 0 Å². The van der Waals surface area contributed by atoms with Gasteiger partial charge in [0, 0.05) is 0 Å². The highest BCUT2D eigenvalue weighted by Gasteiger charge is 2.10. The number of aliphatic hydroxyl groups is 1. The summed E-state index contributed by atoms with van der Waals surface area (Å²) in [6.45, 7) is 6.39. The molecule has 1 N–H and O–H groups in total. The maximum Gasteiger partial charge on any atom is 0.0565 e. The molecule has 10 heavy (non-hydrogen) atoms. The number of hydrogen-bond acceptors (Lipinski definition) is 1. The zero-order valence-corrected chi connectivity index (χ0v) is 7.43. The lowest BCUT2D eigenvalue weighted by Gasteiger charge is -2.15. The van der Waals surface area contributed by atoms with Gasteiger partial charge in [0.15, 0.2) is 0 Å². The molecule has 0 saturated carbocycles. The van der Waals surface area contributed by atoms with E-state index >= 15 is 0 Å². The maximum atomic E-state index is 9.45. The molecule has 62 valence electrons. The first-order valence-electron chi connectivity index (χ1n) is 4.40. The van der Waals surface area contributed by atoms with Crippen molar-refractivity contribution >= 4 is 0 Å². The zero-order valence-electron chi connectivity index (χ0n) is 7.43. The summed E-state index contributed by atoms with van der Waals surface area (Å²) in [6, 6.07) is 0. The summed E-state index contributed by atoms with van der Waals surface area (Å²) in [5.41, 5.74) is 0. The van der Waals surface area contributed by atoms with E-state index in [0.29, 0.717) is 5.92 Å². The molecule has 0 aromatic carbocycles. The van der Waals surface area contributed by atoms with Crippen molar-refractivity contribution in [2.75, 3.05) is 0 Å². The Bertz CT molecular complexity index is 71.1. The molecule has 0 rings (SSSR count). The lowest BCUT2D eigenvalue weighted by atomic mass is 9.98. The number of aliphatic hydroxyl groups excluding tert-OH is 1. The highest BCUT2D eigenvalue weighted by atomic mass is 16.3. The number of rotatable bonds is 5. The van der Waals surface area contributed by atoms with Crippen molar-refractivity contribution in [1.82, 2.24) is 0 Å². The van der Waals surface area contributed by atoms with Crippen molar-refractivity contribution in [3.8, 4) is 0 Å². The van der Waals surface area contributed by atoms with E-state index in [-0.39, 0.29) is 6.10 Å². The Morgan fingerprint density at radius 1 is 1.30 bits per heavy atom. The Labute approximate surface area is 64.5 Å². The molecule has 2 atom stereocenters. The van der Waals surface area contributed by atoms with E-state index in [1.807, 2.05) is 0 Å². The molecule has 0 aliphatic rings. The van der Waals surface area contributed by atoms with Crippen LogP contribution in [0.3, 0.4) is 0 Å². The molecule has 1 heteroatoms. The van der Waals surface area contributed by atoms with Crippen molar-refractivity contribution < 1.29 is 5.11 Å². The molecular formula is C9H20O. The lowest BCUT2D eigenvalue weighted by molar-refractivity contribution is 0.103. The summed E-state index contributed by atoms with van der Waals surface area (Å²) >= 11 is 0. The van der Waals surface area contributed by atoms with Crippen molar-refractivity contribution in [2.45, 2.75) is 52.6 Å². The third-order valence-corrected chi connectivity index (χ3v) is 2.15. The fourth-order valence-corrected chi connectivity index (χ4v) is 0.970. The summed E-state index contributed by atoms with van der Waals surface area (Å²) in [4.78, 5) is 0. The van der Waals surface area contributed by atoms with E-state index in [4.69, 9.17) is 0 Å². The molecule has 0 aromatic rings. The van der Waals surface area contributed by atoms with Crippen molar-refractivity contribution in [3.63, 3.8) is 0 Å². The first-order valence-corrected chi connectivity index (χ1v) is 4.40. The average molecular weight is 144 g/mol. The third kappa shape index (κ3) is 3.89. The standard InChI is InChI=1S/C9H20O/c1-4-6-7-9(10)8(3)5-2/h8-10H,4-7H2,1-3H3/t8-,9+/m1/s1. The van der Waals surface area contributed by atoms with Crippen molar-refractivity contribution in [2.24, 2.45) is 5.92 Å². The Hall–Kier alpha value is -0.0400. The van der Waals surface area contributed by atoms with Crippen LogP contribution in [-0.4, -0.2) is 11.2 Å². The first-order chi connectivity index (χ1) is 4.72. The average Bonchev–Trinajstić information content (AvgIpc) is 1.98. The van der Waals surface area contributed by atoms with Crippen LogP contribution in [-0.2, 0) is 0 Å². The van der Waals surface area contributed by atoms with E-state index in [0.717, 1.165) is 19.3 Å². The van der Waals surface area contributed by atoms with Crippen LogP contribution in [0.15, 0.2) is 0 Å². The normalized spacial score (nSPS) is 16.8. The van der Waals surface area contributed by atoms with Gasteiger partial charge >= 0.3 is 0 Å². The van der Waals surface area contributed by atoms with Gasteiger partial charge < -0.3 is 5.11 Å². The number of hydrogen-bond donors (Lipinski definition) is 1. The van der Waals surface area contributed by atoms with Gasteiger partial charge in [-0.05, 0) is 12.3 Å². The quantitative estimate of drug-likeness (QED) is 0.628. The van der Waals surface area contributed by atoms with Gasteiger partial charge in [0.1, 0.15) is 0 Å². The van der Waals surface area contributed by atoms with E-state index in [2.05, 4.69) is 20.8 Å². The van der Waals surface area contributed by atoms with E-state index < -0.39 is 0 Å². The summed E-state index contributed by atoms with van der Waals surface area (Å²) in [5, 5.41) is 9.45. The molecule has 0 saturated heterocycles. The van der Waals surface area contributed by atoms with Crippen LogP contribution in [0.5, 0.6) is 0 Å². The molecule has 0 unspecified atom stereocenters. The third-order valence-electron chi connectivity index (χ3n) is 2.15. The van der Waals surface area contributed by atoms with Crippen molar-refractivity contribution in [1.29, 1.82) is 0 Å². The molecule has 0 heterocycles. The fraction of sp³-hybridized carbons (Fsp3) is 1.00. The molecule has 0 aliphatic carbocycles. The van der Waals surface area contributed by atoms with Gasteiger partial charge in [0.05, 0.1) is 6.10 Å². The van der Waals surface area contributed by atoms with Gasteiger partial charge in [-0.3, -0.25) is 0 Å². The minimum atomic E-state index is -0.0649. The topological polar surface area (TPSA) is 20.2 Å². The first kappa shape index (κ1) is 9.96. The van der Waals surface area contributed by atoms with E-state index in [9.17, 15) is 5.11 Å². The van der Waals surface area contributed by atoms with Crippen LogP contribution in [0, 0.1) is 5.92 Å². The summed E-state index contributed by atoms with van der Waals surface area (Å²) in [7, 11) is 0. The molecule has 0 spiro atoms. The van der Waals surface area contributed by atoms with E-state index in [1.54, 1.807) is 0 Å². The van der Waals surface area contributed by atoms with Gasteiger partial charge in [-0.1, -0.05) is 40.0 Å². The molecule has 0 bridgehead atoms. The molecule has 1 nitrogen and oxygen atoms in total. The lowest BCUT2D eigenvalue weighted by Crippen LogP contribution is -2.16. The molecule has 0 aliphatic heterocycles. The highest BCUT2D eigenvalue weighted by molar-refractivity contribution is 4.61. The van der Waals surface area contributed by atoms with Crippen LogP contribution >= 0.6 is 0 Å². The Morgan fingerprint density at radius 2 is 1.90 bits per heavy atom. The fourth-order valence-electron chi connectivity index (χ4n) is 0.970. The predicted molar refractivity (Wildman–Crippen MR) is 45.0 cm³/mol. The smallest absolute Gasteiger partial charge is 0.0565 e. The predicted octanol–water partition coefficient (Wildman–Crippen LogP) is 2.58. The maximum absolute atomic E-state index is 9.45. The zero-order chi connectivity index (χ0) is 7.98. The van der Waals surface area contributed by atoms with Gasteiger partial charge in [0.2, 0.25) is 0 Å². The molecule has 0 fully saturated rings. The summed E-state index contributed by atoms with van der Waals surface area (Å²) < 4.78 is 0. The second kappa shape index (κ2) is 5.72. The molecule has 0 aromatic heterocycles. The summed E-state index contributed by atoms with van der Waals surface area (Å²) in [5.74, 6) is 0.478. The van der Waals surface area contributed by atoms with Crippen LogP contribution < -0.4 is 0 Å². The minimum Gasteiger partial charge on any atom is -0.393 e. The van der Waals surface area contributed by atoms with E-state index in [1.165, 1.54) is 6.42 Å². The SMILES string of the molecule is CCCC[C@H](O)[C@H](C)CC.